The molecule has 2 heterocycles. The lowest BCUT2D eigenvalue weighted by atomic mass is 10.1. The third kappa shape index (κ3) is 5.10. The van der Waals surface area contributed by atoms with Crippen LogP contribution < -0.4 is 0 Å². The Labute approximate surface area is 178 Å². The fourth-order valence-corrected chi connectivity index (χ4v) is 4.22. The van der Waals surface area contributed by atoms with E-state index in [1.54, 1.807) is 0 Å². The second-order valence-corrected chi connectivity index (χ2v) is 8.09. The van der Waals surface area contributed by atoms with E-state index in [0.717, 1.165) is 32.8 Å². The fourth-order valence-electron chi connectivity index (χ4n) is 4.22. The molecule has 30 heavy (non-hydrogen) atoms. The Morgan fingerprint density at radius 3 is 2.57 bits per heavy atom. The summed E-state index contributed by atoms with van der Waals surface area (Å²) in [5.74, 6) is 0.206. The van der Waals surface area contributed by atoms with Crippen LogP contribution >= 0.6 is 0 Å². The molecule has 1 atom stereocenters. The maximum atomic E-state index is 13.3. The van der Waals surface area contributed by atoms with Crippen molar-refractivity contribution in [2.75, 3.05) is 32.8 Å². The van der Waals surface area contributed by atoms with E-state index in [-0.39, 0.29) is 11.9 Å². The van der Waals surface area contributed by atoms with Crippen molar-refractivity contribution >= 4 is 16.8 Å². The molecule has 0 radical (unpaired) electrons. The van der Waals surface area contributed by atoms with Gasteiger partial charge in [0, 0.05) is 56.9 Å². The minimum absolute atomic E-state index is 0.150. The molecule has 0 bridgehead atoms. The number of fused-ring (bicyclic) bond motifs is 1. The van der Waals surface area contributed by atoms with Crippen molar-refractivity contribution in [1.82, 2.24) is 14.4 Å². The first-order chi connectivity index (χ1) is 14.7. The number of hydrogen-bond donors (Lipinski definition) is 0. The van der Waals surface area contributed by atoms with Crippen molar-refractivity contribution in [3.05, 3.63) is 72.4 Å². The molecule has 1 aliphatic rings. The van der Waals surface area contributed by atoms with Gasteiger partial charge in [0.25, 0.3) is 0 Å². The summed E-state index contributed by atoms with van der Waals surface area (Å²) in [6, 6.07) is 20.9. The Hall–Kier alpha value is -2.63. The van der Waals surface area contributed by atoms with Gasteiger partial charge < -0.3 is 14.2 Å². The van der Waals surface area contributed by atoms with E-state index in [1.807, 2.05) is 30.3 Å². The molecule has 4 rings (SSSR count). The van der Waals surface area contributed by atoms with Crippen molar-refractivity contribution in [3.8, 4) is 0 Å². The Morgan fingerprint density at radius 2 is 1.77 bits per heavy atom. The zero-order chi connectivity index (χ0) is 20.8. The van der Waals surface area contributed by atoms with Crippen molar-refractivity contribution in [1.29, 1.82) is 0 Å². The molecule has 5 nitrogen and oxygen atoms in total. The number of benzene rings is 2. The van der Waals surface area contributed by atoms with E-state index >= 15 is 0 Å². The van der Waals surface area contributed by atoms with Crippen LogP contribution in [0.15, 0.2) is 66.9 Å². The number of nitrogens with zero attached hydrogens (tertiary/aromatic N) is 3. The van der Waals surface area contributed by atoms with Crippen LogP contribution in [0, 0.1) is 0 Å². The van der Waals surface area contributed by atoms with Crippen LogP contribution in [0.1, 0.15) is 18.9 Å². The minimum atomic E-state index is 0.150. The first kappa shape index (κ1) is 20.6. The number of aromatic nitrogens is 1. The van der Waals surface area contributed by atoms with Gasteiger partial charge in [-0.1, -0.05) is 48.5 Å². The smallest absolute Gasteiger partial charge is 0.224 e. The fraction of sp³-hybridized carbons (Fsp3) is 0.400. The van der Waals surface area contributed by atoms with Crippen LogP contribution in [0.25, 0.3) is 10.9 Å². The van der Waals surface area contributed by atoms with Crippen LogP contribution in [0.4, 0.5) is 0 Å². The Bertz CT molecular complexity index is 947. The Kier molecular flexibility index (Phi) is 6.82. The van der Waals surface area contributed by atoms with Crippen molar-refractivity contribution in [3.63, 3.8) is 0 Å². The van der Waals surface area contributed by atoms with Gasteiger partial charge in [0.1, 0.15) is 0 Å². The lowest BCUT2D eigenvalue weighted by Gasteiger charge is -2.35. The number of aryl methyl sites for hydroxylation is 1. The van der Waals surface area contributed by atoms with Gasteiger partial charge in [-0.3, -0.25) is 9.69 Å². The highest BCUT2D eigenvalue weighted by atomic mass is 16.5. The molecule has 5 heteroatoms. The third-order valence-corrected chi connectivity index (χ3v) is 5.92. The molecule has 1 fully saturated rings. The van der Waals surface area contributed by atoms with E-state index in [9.17, 15) is 4.79 Å². The van der Waals surface area contributed by atoms with Crippen molar-refractivity contribution in [2.45, 2.75) is 32.5 Å². The monoisotopic (exact) mass is 405 g/mol. The highest BCUT2D eigenvalue weighted by molar-refractivity contribution is 5.80. The molecule has 158 valence electrons. The molecule has 0 aliphatic carbocycles. The maximum absolute atomic E-state index is 13.3. The zero-order valence-corrected chi connectivity index (χ0v) is 17.7. The standard InChI is InChI=1S/C25H31N3O2/c1-21(19-26-15-17-30-18-16-26)28(20-22-7-3-2-4-8-22)25(29)12-14-27-13-11-23-9-5-6-10-24(23)27/h2-11,13,21H,12,14-20H2,1H3. The van der Waals surface area contributed by atoms with Gasteiger partial charge in [0.05, 0.1) is 13.2 Å². The molecule has 0 saturated carbocycles. The summed E-state index contributed by atoms with van der Waals surface area (Å²) in [7, 11) is 0. The van der Waals surface area contributed by atoms with Gasteiger partial charge >= 0.3 is 0 Å². The first-order valence-corrected chi connectivity index (χ1v) is 10.9. The number of rotatable bonds is 8. The summed E-state index contributed by atoms with van der Waals surface area (Å²) in [5, 5.41) is 1.21. The molecule has 0 N–H and O–H groups in total. The van der Waals surface area contributed by atoms with E-state index in [0.29, 0.717) is 19.5 Å². The van der Waals surface area contributed by atoms with Crippen LogP contribution in [0.5, 0.6) is 0 Å². The van der Waals surface area contributed by atoms with Crippen LogP contribution in [-0.2, 0) is 22.6 Å². The summed E-state index contributed by atoms with van der Waals surface area (Å²) in [6.07, 6.45) is 2.58. The predicted octanol–water partition coefficient (Wildman–Crippen LogP) is 3.78. The van der Waals surface area contributed by atoms with Gasteiger partial charge in [-0.2, -0.15) is 0 Å². The molecule has 1 aromatic heterocycles. The third-order valence-electron chi connectivity index (χ3n) is 5.92. The molecule has 1 unspecified atom stereocenters. The van der Waals surface area contributed by atoms with Gasteiger partial charge in [0.15, 0.2) is 0 Å². The first-order valence-electron chi connectivity index (χ1n) is 10.9. The van der Waals surface area contributed by atoms with E-state index in [1.165, 1.54) is 16.5 Å². The van der Waals surface area contributed by atoms with Gasteiger partial charge in [-0.25, -0.2) is 0 Å². The normalized spacial score (nSPS) is 15.9. The summed E-state index contributed by atoms with van der Waals surface area (Å²) >= 11 is 0. The maximum Gasteiger partial charge on any atom is 0.224 e. The number of morpholine rings is 1. The molecule has 1 amide bonds. The summed E-state index contributed by atoms with van der Waals surface area (Å²) in [6.45, 7) is 7.83. The molecule has 0 spiro atoms. The molecule has 1 aliphatic heterocycles. The lowest BCUT2D eigenvalue weighted by Crippen LogP contribution is -2.48. The van der Waals surface area contributed by atoms with Crippen LogP contribution in [0.3, 0.4) is 0 Å². The average molecular weight is 406 g/mol. The molecular formula is C25H31N3O2. The number of para-hydroxylation sites is 1. The number of carbonyl (C=O) groups excluding carboxylic acids is 1. The van der Waals surface area contributed by atoms with E-state index in [4.69, 9.17) is 4.74 Å². The largest absolute Gasteiger partial charge is 0.379 e. The SMILES string of the molecule is CC(CN1CCOCC1)N(Cc1ccccc1)C(=O)CCn1ccc2ccccc21. The number of amides is 1. The highest BCUT2D eigenvalue weighted by Gasteiger charge is 2.23. The predicted molar refractivity (Wildman–Crippen MR) is 120 cm³/mol. The summed E-state index contributed by atoms with van der Waals surface area (Å²) in [5.41, 5.74) is 2.35. The molecule has 2 aromatic carbocycles. The zero-order valence-electron chi connectivity index (χ0n) is 17.7. The Morgan fingerprint density at radius 1 is 1.03 bits per heavy atom. The topological polar surface area (TPSA) is 37.7 Å². The van der Waals surface area contributed by atoms with Gasteiger partial charge in [-0.05, 0) is 30.0 Å². The molecular weight excluding hydrogens is 374 g/mol. The van der Waals surface area contributed by atoms with Crippen LogP contribution in [0.2, 0.25) is 0 Å². The summed E-state index contributed by atoms with van der Waals surface area (Å²) < 4.78 is 7.66. The number of ether oxygens (including phenoxy) is 1. The Balaban J connectivity index is 1.45. The quantitative estimate of drug-likeness (QED) is 0.572. The minimum Gasteiger partial charge on any atom is -0.379 e. The average Bonchev–Trinajstić information content (AvgIpc) is 3.20. The van der Waals surface area contributed by atoms with Crippen molar-refractivity contribution in [2.24, 2.45) is 0 Å². The molecule has 1 saturated heterocycles. The van der Waals surface area contributed by atoms with Crippen LogP contribution in [-0.4, -0.2) is 59.2 Å². The molecule has 3 aromatic rings. The van der Waals surface area contributed by atoms with Gasteiger partial charge in [-0.15, -0.1) is 0 Å². The van der Waals surface area contributed by atoms with Gasteiger partial charge in [0.2, 0.25) is 5.91 Å². The van der Waals surface area contributed by atoms with Crippen molar-refractivity contribution < 1.29 is 9.53 Å². The second kappa shape index (κ2) is 9.92. The lowest BCUT2D eigenvalue weighted by molar-refractivity contribution is -0.134. The van der Waals surface area contributed by atoms with E-state index < -0.39 is 0 Å². The number of carbonyl (C=O) groups is 1. The highest BCUT2D eigenvalue weighted by Crippen LogP contribution is 2.17. The summed E-state index contributed by atoms with van der Waals surface area (Å²) in [4.78, 5) is 17.8. The van der Waals surface area contributed by atoms with E-state index in [2.05, 4.69) is 57.8 Å². The number of hydrogen-bond acceptors (Lipinski definition) is 3. The second-order valence-electron chi connectivity index (χ2n) is 8.09.